The zero-order chi connectivity index (χ0) is 16.1. The number of hydrogen-bond acceptors (Lipinski definition) is 3. The molecule has 0 unspecified atom stereocenters. The van der Waals surface area contributed by atoms with E-state index in [0.717, 1.165) is 10.0 Å². The van der Waals surface area contributed by atoms with Crippen LogP contribution in [0.25, 0.3) is 0 Å². The third-order valence-electron chi connectivity index (χ3n) is 3.52. The highest BCUT2D eigenvalue weighted by Gasteiger charge is 2.30. The molecule has 0 fully saturated rings. The number of hydrogen-bond donors (Lipinski definition) is 1. The molecule has 22 heavy (non-hydrogen) atoms. The second-order valence-electron chi connectivity index (χ2n) is 4.87. The predicted octanol–water partition coefficient (Wildman–Crippen LogP) is 4.00. The summed E-state index contributed by atoms with van der Waals surface area (Å²) in [6, 6.07) is 16.7. The first-order valence-electron chi connectivity index (χ1n) is 6.80. The van der Waals surface area contributed by atoms with Gasteiger partial charge in [0, 0.05) is 16.0 Å². The minimum atomic E-state index is -0.912. The zero-order valence-electron chi connectivity index (χ0n) is 12.2. The van der Waals surface area contributed by atoms with Gasteiger partial charge in [-0.05, 0) is 17.2 Å². The van der Waals surface area contributed by atoms with Crippen LogP contribution in [0.2, 0.25) is 0 Å². The molecule has 0 aliphatic rings. The van der Waals surface area contributed by atoms with Crippen LogP contribution in [0.5, 0.6) is 0 Å². The lowest BCUT2D eigenvalue weighted by Crippen LogP contribution is -2.19. The van der Waals surface area contributed by atoms with Crippen LogP contribution >= 0.6 is 15.9 Å². The Morgan fingerprint density at radius 3 is 2.32 bits per heavy atom. The minimum absolute atomic E-state index is 0.219. The van der Waals surface area contributed by atoms with Gasteiger partial charge in [-0.25, -0.2) is 4.79 Å². The predicted molar refractivity (Wildman–Crippen MR) is 89.4 cm³/mol. The zero-order valence-corrected chi connectivity index (χ0v) is 13.8. The first-order valence-corrected chi connectivity index (χ1v) is 7.60. The molecule has 0 saturated carbocycles. The summed E-state index contributed by atoms with van der Waals surface area (Å²) in [5.74, 6) is -1.10. The van der Waals surface area contributed by atoms with Gasteiger partial charge in [-0.1, -0.05) is 71.0 Å². The minimum Gasteiger partial charge on any atom is -0.466 e. The molecule has 0 bridgehead atoms. The van der Waals surface area contributed by atoms with E-state index in [-0.39, 0.29) is 5.57 Å². The summed E-state index contributed by atoms with van der Waals surface area (Å²) in [4.78, 5) is 11.9. The number of carbonyl (C=O) groups is 1. The summed E-state index contributed by atoms with van der Waals surface area (Å²) >= 11 is 3.44. The molecular weight excluding hydrogens is 344 g/mol. The van der Waals surface area contributed by atoms with E-state index in [9.17, 15) is 9.90 Å². The monoisotopic (exact) mass is 360 g/mol. The molecule has 0 radical (unpaired) electrons. The van der Waals surface area contributed by atoms with Gasteiger partial charge in [-0.15, -0.1) is 0 Å². The van der Waals surface area contributed by atoms with Crippen molar-refractivity contribution in [1.82, 2.24) is 0 Å². The second-order valence-corrected chi connectivity index (χ2v) is 5.73. The fourth-order valence-electron chi connectivity index (χ4n) is 2.39. The van der Waals surface area contributed by atoms with Gasteiger partial charge >= 0.3 is 5.97 Å². The Labute approximate surface area is 138 Å². The quantitative estimate of drug-likeness (QED) is 0.647. The summed E-state index contributed by atoms with van der Waals surface area (Å²) in [5, 5.41) is 10.8. The summed E-state index contributed by atoms with van der Waals surface area (Å²) in [5.41, 5.74) is 1.72. The van der Waals surface area contributed by atoms with Crippen LogP contribution in [-0.2, 0) is 9.53 Å². The fourth-order valence-corrected chi connectivity index (χ4v) is 2.91. The Morgan fingerprint density at radius 2 is 1.73 bits per heavy atom. The van der Waals surface area contributed by atoms with Crippen LogP contribution in [0.1, 0.15) is 23.1 Å². The summed E-state index contributed by atoms with van der Waals surface area (Å²) in [6.07, 6.45) is -0.912. The molecule has 2 aromatic rings. The first-order chi connectivity index (χ1) is 10.6. The number of aliphatic hydroxyl groups excluding tert-OH is 1. The molecule has 0 aliphatic heterocycles. The molecule has 0 aromatic heterocycles. The van der Waals surface area contributed by atoms with Gasteiger partial charge < -0.3 is 9.84 Å². The number of esters is 1. The van der Waals surface area contributed by atoms with Crippen LogP contribution in [0.3, 0.4) is 0 Å². The molecule has 2 atom stereocenters. The number of methoxy groups -OCH3 is 1. The van der Waals surface area contributed by atoms with Crippen molar-refractivity contribution < 1.29 is 14.6 Å². The summed E-state index contributed by atoms with van der Waals surface area (Å²) in [7, 11) is 1.31. The molecule has 0 saturated heterocycles. The van der Waals surface area contributed by atoms with Crippen LogP contribution in [0, 0.1) is 0 Å². The van der Waals surface area contributed by atoms with Crippen molar-refractivity contribution in [2.24, 2.45) is 0 Å². The average Bonchev–Trinajstić information content (AvgIpc) is 2.55. The standard InChI is InChI=1S/C18H17BrO3/c1-12(18(21)22-2)16(13-8-4-3-5-9-13)17(20)14-10-6-7-11-15(14)19/h3-11,16-17,20H,1H2,2H3/t16-,17+/m1/s1. The van der Waals surface area contributed by atoms with E-state index in [1.807, 2.05) is 54.6 Å². The summed E-state index contributed by atoms with van der Waals surface area (Å²) < 4.78 is 5.55. The van der Waals surface area contributed by atoms with E-state index in [1.54, 1.807) is 0 Å². The van der Waals surface area contributed by atoms with Gasteiger partial charge in [0.2, 0.25) is 0 Å². The lowest BCUT2D eigenvalue weighted by molar-refractivity contribution is -0.136. The van der Waals surface area contributed by atoms with Crippen LogP contribution in [0.15, 0.2) is 71.2 Å². The Hall–Kier alpha value is -1.91. The molecule has 0 heterocycles. The third-order valence-corrected chi connectivity index (χ3v) is 4.24. The third kappa shape index (κ3) is 3.46. The van der Waals surface area contributed by atoms with Gasteiger partial charge in [-0.2, -0.15) is 0 Å². The highest BCUT2D eigenvalue weighted by molar-refractivity contribution is 9.10. The number of aliphatic hydroxyl groups is 1. The van der Waals surface area contributed by atoms with Crippen molar-refractivity contribution in [2.45, 2.75) is 12.0 Å². The Bertz CT molecular complexity index is 667. The van der Waals surface area contributed by atoms with E-state index in [0.29, 0.717) is 5.56 Å². The fraction of sp³-hybridized carbons (Fsp3) is 0.167. The van der Waals surface area contributed by atoms with E-state index in [4.69, 9.17) is 4.74 Å². The van der Waals surface area contributed by atoms with Gasteiger partial charge in [0.25, 0.3) is 0 Å². The number of carbonyl (C=O) groups excluding carboxylic acids is 1. The van der Waals surface area contributed by atoms with Crippen molar-refractivity contribution in [3.8, 4) is 0 Å². The van der Waals surface area contributed by atoms with Crippen LogP contribution < -0.4 is 0 Å². The van der Waals surface area contributed by atoms with Crippen molar-refractivity contribution in [3.05, 3.63) is 82.3 Å². The van der Waals surface area contributed by atoms with Crippen molar-refractivity contribution in [2.75, 3.05) is 7.11 Å². The van der Waals surface area contributed by atoms with Crippen LogP contribution in [0.4, 0.5) is 0 Å². The molecule has 0 aliphatic carbocycles. The number of ether oxygens (including phenoxy) is 1. The van der Waals surface area contributed by atoms with Crippen molar-refractivity contribution in [1.29, 1.82) is 0 Å². The maximum atomic E-state index is 11.9. The van der Waals surface area contributed by atoms with E-state index < -0.39 is 18.0 Å². The molecule has 1 N–H and O–H groups in total. The smallest absolute Gasteiger partial charge is 0.333 e. The molecule has 0 spiro atoms. The molecule has 2 aromatic carbocycles. The van der Waals surface area contributed by atoms with Gasteiger partial charge in [0.1, 0.15) is 0 Å². The van der Waals surface area contributed by atoms with Gasteiger partial charge in [-0.3, -0.25) is 0 Å². The largest absolute Gasteiger partial charge is 0.466 e. The highest BCUT2D eigenvalue weighted by atomic mass is 79.9. The highest BCUT2D eigenvalue weighted by Crippen LogP contribution is 2.39. The van der Waals surface area contributed by atoms with E-state index >= 15 is 0 Å². The number of rotatable bonds is 5. The number of halogens is 1. The molecule has 2 rings (SSSR count). The molecule has 3 nitrogen and oxygen atoms in total. The molecule has 114 valence electrons. The topological polar surface area (TPSA) is 46.5 Å². The lowest BCUT2D eigenvalue weighted by atomic mass is 9.84. The van der Waals surface area contributed by atoms with E-state index in [2.05, 4.69) is 22.5 Å². The maximum Gasteiger partial charge on any atom is 0.333 e. The first kappa shape index (κ1) is 16.5. The Morgan fingerprint density at radius 1 is 1.14 bits per heavy atom. The normalized spacial score (nSPS) is 13.2. The SMILES string of the molecule is C=C(C(=O)OC)[C@H](c1ccccc1)[C@@H](O)c1ccccc1Br. The molecule has 0 amide bonds. The van der Waals surface area contributed by atoms with Crippen molar-refractivity contribution in [3.63, 3.8) is 0 Å². The van der Waals surface area contributed by atoms with Crippen molar-refractivity contribution >= 4 is 21.9 Å². The Balaban J connectivity index is 2.47. The van der Waals surface area contributed by atoms with Gasteiger partial charge in [0.15, 0.2) is 0 Å². The van der Waals surface area contributed by atoms with Crippen LogP contribution in [-0.4, -0.2) is 18.2 Å². The van der Waals surface area contributed by atoms with E-state index in [1.165, 1.54) is 7.11 Å². The lowest BCUT2D eigenvalue weighted by Gasteiger charge is -2.25. The maximum absolute atomic E-state index is 11.9. The van der Waals surface area contributed by atoms with Gasteiger partial charge in [0.05, 0.1) is 13.2 Å². The second kappa shape index (κ2) is 7.38. The Kier molecular flexibility index (Phi) is 5.52. The molecule has 4 heteroatoms. The average molecular weight is 361 g/mol. The molecular formula is C18H17BrO3. The number of benzene rings is 2. The summed E-state index contributed by atoms with van der Waals surface area (Å²) in [6.45, 7) is 3.83.